The Hall–Kier alpha value is -0.790. The van der Waals surface area contributed by atoms with Crippen molar-refractivity contribution in [2.45, 2.75) is 52.5 Å². The van der Waals surface area contributed by atoms with Gasteiger partial charge in [-0.05, 0) is 31.2 Å². The summed E-state index contributed by atoms with van der Waals surface area (Å²) in [5.74, 6) is 0. The van der Waals surface area contributed by atoms with E-state index in [2.05, 4.69) is 45.9 Å². The standard InChI is InChI=1S/C11H20N2/c1-6-11(4,5)10-7-12-13(8-10)9(2)3/h7-9H,6H2,1-5H3. The molecule has 1 rings (SSSR count). The molecule has 1 heterocycles. The fraction of sp³-hybridized carbons (Fsp3) is 0.727. The van der Waals surface area contributed by atoms with Gasteiger partial charge in [-0.1, -0.05) is 20.8 Å². The van der Waals surface area contributed by atoms with E-state index in [1.807, 2.05) is 10.9 Å². The van der Waals surface area contributed by atoms with E-state index in [4.69, 9.17) is 0 Å². The number of hydrogen-bond acceptors (Lipinski definition) is 1. The first-order chi connectivity index (χ1) is 5.97. The molecule has 0 N–H and O–H groups in total. The molecule has 0 aliphatic carbocycles. The highest BCUT2D eigenvalue weighted by molar-refractivity contribution is 5.16. The van der Waals surface area contributed by atoms with Crippen LogP contribution in [0.1, 0.15) is 52.6 Å². The van der Waals surface area contributed by atoms with Crippen LogP contribution < -0.4 is 0 Å². The summed E-state index contributed by atoms with van der Waals surface area (Å²) in [5.41, 5.74) is 1.59. The minimum Gasteiger partial charge on any atom is -0.270 e. The minimum atomic E-state index is 0.257. The Kier molecular flexibility index (Phi) is 2.79. The number of nitrogens with zero attached hydrogens (tertiary/aromatic N) is 2. The third kappa shape index (κ3) is 2.11. The molecule has 0 aromatic carbocycles. The highest BCUT2D eigenvalue weighted by atomic mass is 15.3. The summed E-state index contributed by atoms with van der Waals surface area (Å²) in [7, 11) is 0. The summed E-state index contributed by atoms with van der Waals surface area (Å²) in [5, 5.41) is 4.35. The van der Waals surface area contributed by atoms with Crippen LogP contribution in [0.4, 0.5) is 0 Å². The van der Waals surface area contributed by atoms with Crippen molar-refractivity contribution in [3.63, 3.8) is 0 Å². The van der Waals surface area contributed by atoms with Gasteiger partial charge < -0.3 is 0 Å². The summed E-state index contributed by atoms with van der Waals surface area (Å²) in [6.45, 7) is 11.0. The van der Waals surface area contributed by atoms with Crippen LogP contribution in [0, 0.1) is 0 Å². The molecule has 0 atom stereocenters. The summed E-state index contributed by atoms with van der Waals surface area (Å²) < 4.78 is 2.02. The average molecular weight is 180 g/mol. The van der Waals surface area contributed by atoms with Gasteiger partial charge in [0.1, 0.15) is 0 Å². The van der Waals surface area contributed by atoms with E-state index in [-0.39, 0.29) is 5.41 Å². The number of rotatable bonds is 3. The molecule has 0 bridgehead atoms. The molecule has 0 saturated heterocycles. The van der Waals surface area contributed by atoms with Crippen molar-refractivity contribution >= 4 is 0 Å². The van der Waals surface area contributed by atoms with Gasteiger partial charge >= 0.3 is 0 Å². The van der Waals surface area contributed by atoms with Crippen molar-refractivity contribution in [1.29, 1.82) is 0 Å². The Labute approximate surface area is 81.0 Å². The molecule has 2 heteroatoms. The van der Waals surface area contributed by atoms with Crippen LogP contribution in [0.25, 0.3) is 0 Å². The Morgan fingerprint density at radius 2 is 2.08 bits per heavy atom. The minimum absolute atomic E-state index is 0.257. The molecular weight excluding hydrogens is 160 g/mol. The summed E-state index contributed by atoms with van der Waals surface area (Å²) >= 11 is 0. The van der Waals surface area contributed by atoms with Gasteiger partial charge in [0.05, 0.1) is 6.20 Å². The Morgan fingerprint density at radius 3 is 2.46 bits per heavy atom. The molecular formula is C11H20N2. The molecule has 0 unspecified atom stereocenters. The zero-order valence-electron chi connectivity index (χ0n) is 9.33. The summed E-state index contributed by atoms with van der Waals surface area (Å²) in [6.07, 6.45) is 5.30. The number of aromatic nitrogens is 2. The van der Waals surface area contributed by atoms with Gasteiger partial charge in [0, 0.05) is 12.2 Å². The predicted molar refractivity (Wildman–Crippen MR) is 55.9 cm³/mol. The maximum absolute atomic E-state index is 4.35. The van der Waals surface area contributed by atoms with Gasteiger partial charge in [-0.3, -0.25) is 4.68 Å². The average Bonchev–Trinajstić information content (AvgIpc) is 2.52. The first-order valence-corrected chi connectivity index (χ1v) is 5.02. The van der Waals surface area contributed by atoms with Crippen molar-refractivity contribution in [2.75, 3.05) is 0 Å². The molecule has 0 aliphatic rings. The third-order valence-electron chi connectivity index (χ3n) is 2.80. The van der Waals surface area contributed by atoms with Crippen LogP contribution in [-0.4, -0.2) is 9.78 Å². The van der Waals surface area contributed by atoms with Crippen molar-refractivity contribution in [3.8, 4) is 0 Å². The normalized spacial score (nSPS) is 12.5. The zero-order chi connectivity index (χ0) is 10.1. The fourth-order valence-corrected chi connectivity index (χ4v) is 1.17. The lowest BCUT2D eigenvalue weighted by atomic mass is 9.84. The van der Waals surface area contributed by atoms with Crippen molar-refractivity contribution in [1.82, 2.24) is 9.78 Å². The summed E-state index contributed by atoms with van der Waals surface area (Å²) in [6, 6.07) is 0.460. The maximum atomic E-state index is 4.35. The van der Waals surface area contributed by atoms with E-state index in [1.165, 1.54) is 5.56 Å². The van der Waals surface area contributed by atoms with Gasteiger partial charge in [-0.25, -0.2) is 0 Å². The van der Waals surface area contributed by atoms with Gasteiger partial charge in [0.25, 0.3) is 0 Å². The number of hydrogen-bond donors (Lipinski definition) is 0. The molecule has 0 spiro atoms. The Morgan fingerprint density at radius 1 is 1.46 bits per heavy atom. The van der Waals surface area contributed by atoms with E-state index in [9.17, 15) is 0 Å². The topological polar surface area (TPSA) is 17.8 Å². The highest BCUT2D eigenvalue weighted by Gasteiger charge is 2.19. The SMILES string of the molecule is CCC(C)(C)c1cnn(C(C)C)c1. The first-order valence-electron chi connectivity index (χ1n) is 5.02. The molecule has 0 fully saturated rings. The smallest absolute Gasteiger partial charge is 0.0527 e. The Bertz CT molecular complexity index is 271. The molecule has 2 nitrogen and oxygen atoms in total. The quantitative estimate of drug-likeness (QED) is 0.698. The lowest BCUT2D eigenvalue weighted by Crippen LogP contribution is -2.14. The molecule has 74 valence electrons. The van der Waals surface area contributed by atoms with Gasteiger partial charge in [-0.2, -0.15) is 5.10 Å². The van der Waals surface area contributed by atoms with Crippen LogP contribution in [0.5, 0.6) is 0 Å². The first kappa shape index (κ1) is 10.3. The molecule has 1 aromatic rings. The fourth-order valence-electron chi connectivity index (χ4n) is 1.17. The molecule has 0 aliphatic heterocycles. The van der Waals surface area contributed by atoms with Crippen LogP contribution >= 0.6 is 0 Å². The van der Waals surface area contributed by atoms with E-state index in [0.29, 0.717) is 6.04 Å². The van der Waals surface area contributed by atoms with Crippen LogP contribution in [-0.2, 0) is 5.41 Å². The largest absolute Gasteiger partial charge is 0.270 e. The molecule has 13 heavy (non-hydrogen) atoms. The molecule has 1 aromatic heterocycles. The van der Waals surface area contributed by atoms with Crippen molar-refractivity contribution in [3.05, 3.63) is 18.0 Å². The lowest BCUT2D eigenvalue weighted by molar-refractivity contribution is 0.499. The second-order valence-corrected chi connectivity index (χ2v) is 4.54. The second kappa shape index (κ2) is 3.52. The molecule has 0 radical (unpaired) electrons. The summed E-state index contributed by atoms with van der Waals surface area (Å²) in [4.78, 5) is 0. The monoisotopic (exact) mass is 180 g/mol. The van der Waals surface area contributed by atoms with Gasteiger partial charge in [0.15, 0.2) is 0 Å². The van der Waals surface area contributed by atoms with E-state index in [0.717, 1.165) is 6.42 Å². The van der Waals surface area contributed by atoms with E-state index >= 15 is 0 Å². The second-order valence-electron chi connectivity index (χ2n) is 4.54. The van der Waals surface area contributed by atoms with Gasteiger partial charge in [-0.15, -0.1) is 0 Å². The van der Waals surface area contributed by atoms with Crippen molar-refractivity contribution < 1.29 is 0 Å². The lowest BCUT2D eigenvalue weighted by Gasteiger charge is -2.20. The maximum Gasteiger partial charge on any atom is 0.0527 e. The van der Waals surface area contributed by atoms with Crippen molar-refractivity contribution in [2.24, 2.45) is 0 Å². The third-order valence-corrected chi connectivity index (χ3v) is 2.80. The predicted octanol–water partition coefficient (Wildman–Crippen LogP) is 3.15. The highest BCUT2D eigenvalue weighted by Crippen LogP contribution is 2.26. The van der Waals surface area contributed by atoms with Crippen LogP contribution in [0.15, 0.2) is 12.4 Å². The molecule has 0 amide bonds. The van der Waals surface area contributed by atoms with Crippen LogP contribution in [0.2, 0.25) is 0 Å². The van der Waals surface area contributed by atoms with E-state index in [1.54, 1.807) is 0 Å². The van der Waals surface area contributed by atoms with Gasteiger partial charge in [0.2, 0.25) is 0 Å². The van der Waals surface area contributed by atoms with E-state index < -0.39 is 0 Å². The Balaban J connectivity index is 2.91. The zero-order valence-corrected chi connectivity index (χ0v) is 9.33. The molecule has 0 saturated carbocycles. The van der Waals surface area contributed by atoms with Crippen LogP contribution in [0.3, 0.4) is 0 Å².